The topological polar surface area (TPSA) is 106 Å². The number of rotatable bonds is 8. The van der Waals surface area contributed by atoms with Gasteiger partial charge in [0.25, 0.3) is 10.0 Å². The number of nitrogens with zero attached hydrogens (tertiary/aromatic N) is 1. The van der Waals surface area contributed by atoms with Crippen LogP contribution in [0, 0.1) is 0 Å². The maximum absolute atomic E-state index is 12.7. The number of carbonyl (C=O) groups is 1. The van der Waals surface area contributed by atoms with Gasteiger partial charge in [-0.1, -0.05) is 12.5 Å². The number of carbonyl (C=O) groups excluding carboxylic acids is 1. The van der Waals surface area contributed by atoms with Crippen LogP contribution in [0.15, 0.2) is 34.2 Å². The van der Waals surface area contributed by atoms with E-state index in [-0.39, 0.29) is 23.3 Å². The summed E-state index contributed by atoms with van der Waals surface area (Å²) in [5.41, 5.74) is 0.430. The lowest BCUT2D eigenvalue weighted by molar-refractivity contribution is -0.117. The molecule has 0 aromatic heterocycles. The third-order valence-electron chi connectivity index (χ3n) is 4.86. The number of amidine groups is 1. The summed E-state index contributed by atoms with van der Waals surface area (Å²) in [6.45, 7) is 2.21. The Morgan fingerprint density at radius 3 is 2.97 bits per heavy atom. The summed E-state index contributed by atoms with van der Waals surface area (Å²) in [4.78, 5) is 16.5. The molecule has 1 saturated heterocycles. The number of ether oxygens (including phenoxy) is 2. The third kappa shape index (κ3) is 7.09. The van der Waals surface area contributed by atoms with Crippen molar-refractivity contribution in [3.63, 3.8) is 0 Å². The second-order valence-electron chi connectivity index (χ2n) is 7.28. The molecule has 2 heterocycles. The lowest BCUT2D eigenvalue weighted by Gasteiger charge is -2.12. The molecule has 1 atom stereocenters. The van der Waals surface area contributed by atoms with Gasteiger partial charge in [0.2, 0.25) is 5.91 Å². The van der Waals surface area contributed by atoms with Crippen LogP contribution in [-0.2, 0) is 24.3 Å². The van der Waals surface area contributed by atoms with Crippen molar-refractivity contribution in [3.05, 3.63) is 24.3 Å². The molecule has 1 aromatic rings. The Hall–Kier alpha value is -1.97. The first-order chi connectivity index (χ1) is 14.0. The first kappa shape index (κ1) is 21.7. The van der Waals surface area contributed by atoms with Crippen LogP contribution in [0.3, 0.4) is 0 Å². The summed E-state index contributed by atoms with van der Waals surface area (Å²) in [6.07, 6.45) is 5.94. The second kappa shape index (κ2) is 10.7. The van der Waals surface area contributed by atoms with Crippen LogP contribution in [0.1, 0.15) is 44.9 Å². The molecule has 0 aliphatic carbocycles. The zero-order valence-corrected chi connectivity index (χ0v) is 17.4. The van der Waals surface area contributed by atoms with Crippen LogP contribution in [0.25, 0.3) is 0 Å². The highest BCUT2D eigenvalue weighted by Gasteiger charge is 2.18. The van der Waals surface area contributed by atoms with E-state index in [1.54, 1.807) is 12.1 Å². The fourth-order valence-electron chi connectivity index (χ4n) is 3.29. The summed E-state index contributed by atoms with van der Waals surface area (Å²) in [7, 11) is -3.74. The third-order valence-corrected chi connectivity index (χ3v) is 6.23. The van der Waals surface area contributed by atoms with Crippen molar-refractivity contribution in [2.75, 3.05) is 31.7 Å². The standard InChI is InChI=1S/C20H29N3O5S/c24-20(10-13-27-15-17-7-5-12-28-17)22-16-6-4-8-18(14-16)29(25,26)23-19-9-2-1-3-11-21-19/h4,6,8,14,17H,1-3,5,7,9-13,15H2,(H,21,23)(H,22,24). The van der Waals surface area contributed by atoms with Crippen molar-refractivity contribution in [2.45, 2.75) is 55.9 Å². The fraction of sp³-hybridized carbons (Fsp3) is 0.600. The molecular weight excluding hydrogens is 394 g/mol. The second-order valence-corrected chi connectivity index (χ2v) is 8.96. The van der Waals surface area contributed by atoms with Gasteiger partial charge in [-0.15, -0.1) is 0 Å². The van der Waals surface area contributed by atoms with Crippen molar-refractivity contribution in [3.8, 4) is 0 Å². The molecule has 3 rings (SSSR count). The summed E-state index contributed by atoms with van der Waals surface area (Å²) in [6, 6.07) is 6.21. The first-order valence-corrected chi connectivity index (χ1v) is 11.7. The van der Waals surface area contributed by atoms with Crippen molar-refractivity contribution in [1.29, 1.82) is 0 Å². The number of aliphatic imine (C=N–C) groups is 1. The Morgan fingerprint density at radius 2 is 2.14 bits per heavy atom. The number of sulfonamides is 1. The normalized spacial score (nSPS) is 20.0. The Balaban J connectivity index is 1.50. The minimum absolute atomic E-state index is 0.0943. The fourth-order valence-corrected chi connectivity index (χ4v) is 4.43. The zero-order chi connectivity index (χ0) is 20.5. The molecule has 8 nitrogen and oxygen atoms in total. The van der Waals surface area contributed by atoms with Gasteiger partial charge in [-0.05, 0) is 43.9 Å². The average Bonchev–Trinajstić information content (AvgIpc) is 3.09. The molecule has 29 heavy (non-hydrogen) atoms. The van der Waals surface area contributed by atoms with E-state index in [0.717, 1.165) is 38.7 Å². The van der Waals surface area contributed by atoms with Crippen LogP contribution in [-0.4, -0.2) is 52.6 Å². The van der Waals surface area contributed by atoms with Gasteiger partial charge < -0.3 is 14.8 Å². The van der Waals surface area contributed by atoms with E-state index in [9.17, 15) is 13.2 Å². The van der Waals surface area contributed by atoms with Gasteiger partial charge in [0.1, 0.15) is 5.84 Å². The number of hydrogen-bond acceptors (Lipinski definition) is 6. The molecule has 1 fully saturated rings. The predicted molar refractivity (Wildman–Crippen MR) is 111 cm³/mol. The molecule has 2 aliphatic rings. The monoisotopic (exact) mass is 423 g/mol. The Labute approximate surface area is 172 Å². The molecular formula is C20H29N3O5S. The summed E-state index contributed by atoms with van der Waals surface area (Å²) < 4.78 is 38.8. The van der Waals surface area contributed by atoms with E-state index in [0.29, 0.717) is 37.7 Å². The highest BCUT2D eigenvalue weighted by molar-refractivity contribution is 7.90. The number of hydrogen-bond donors (Lipinski definition) is 2. The van der Waals surface area contributed by atoms with E-state index in [1.807, 2.05) is 0 Å². The largest absolute Gasteiger partial charge is 0.378 e. The van der Waals surface area contributed by atoms with E-state index in [1.165, 1.54) is 12.1 Å². The zero-order valence-electron chi connectivity index (χ0n) is 16.6. The summed E-state index contributed by atoms with van der Waals surface area (Å²) in [5, 5.41) is 2.72. The molecule has 2 N–H and O–H groups in total. The van der Waals surface area contributed by atoms with Crippen molar-refractivity contribution < 1.29 is 22.7 Å². The van der Waals surface area contributed by atoms with E-state index in [2.05, 4.69) is 15.0 Å². The van der Waals surface area contributed by atoms with Gasteiger partial charge in [-0.3, -0.25) is 14.5 Å². The van der Waals surface area contributed by atoms with Gasteiger partial charge in [0.15, 0.2) is 0 Å². The molecule has 2 aliphatic heterocycles. The maximum atomic E-state index is 12.7. The molecule has 0 bridgehead atoms. The van der Waals surface area contributed by atoms with Crippen molar-refractivity contribution in [2.24, 2.45) is 4.99 Å². The number of nitrogens with one attached hydrogen (secondary N) is 2. The van der Waals surface area contributed by atoms with Crippen LogP contribution in [0.4, 0.5) is 5.69 Å². The van der Waals surface area contributed by atoms with E-state index < -0.39 is 10.0 Å². The summed E-state index contributed by atoms with van der Waals surface area (Å²) in [5.74, 6) is 0.272. The highest BCUT2D eigenvalue weighted by Crippen LogP contribution is 2.17. The Kier molecular flexibility index (Phi) is 8.02. The van der Waals surface area contributed by atoms with Crippen LogP contribution in [0.5, 0.6) is 0 Å². The van der Waals surface area contributed by atoms with Gasteiger partial charge in [0.05, 0.1) is 30.6 Å². The molecule has 0 radical (unpaired) electrons. The number of amides is 1. The smallest absolute Gasteiger partial charge is 0.262 e. The van der Waals surface area contributed by atoms with Gasteiger partial charge in [0, 0.05) is 25.3 Å². The molecule has 1 aromatic carbocycles. The van der Waals surface area contributed by atoms with Gasteiger partial charge in [-0.25, -0.2) is 8.42 Å². The quantitative estimate of drug-likeness (QED) is 0.625. The molecule has 0 spiro atoms. The SMILES string of the molecule is O=C(CCOCC1CCCO1)Nc1cccc(S(=O)(=O)NC2=NCCCCC2)c1. The minimum Gasteiger partial charge on any atom is -0.378 e. The van der Waals surface area contributed by atoms with Gasteiger partial charge >= 0.3 is 0 Å². The average molecular weight is 424 g/mol. The van der Waals surface area contributed by atoms with Crippen molar-refractivity contribution >= 4 is 27.5 Å². The summed E-state index contributed by atoms with van der Waals surface area (Å²) >= 11 is 0. The van der Waals surface area contributed by atoms with E-state index in [4.69, 9.17) is 9.47 Å². The minimum atomic E-state index is -3.74. The Morgan fingerprint density at radius 1 is 1.24 bits per heavy atom. The van der Waals surface area contributed by atoms with Crippen LogP contribution >= 0.6 is 0 Å². The number of anilines is 1. The number of benzene rings is 1. The maximum Gasteiger partial charge on any atom is 0.262 e. The first-order valence-electron chi connectivity index (χ1n) is 10.2. The van der Waals surface area contributed by atoms with Crippen LogP contribution < -0.4 is 10.0 Å². The van der Waals surface area contributed by atoms with Crippen molar-refractivity contribution in [1.82, 2.24) is 4.72 Å². The van der Waals surface area contributed by atoms with Gasteiger partial charge in [-0.2, -0.15) is 0 Å². The Bertz CT molecular complexity index is 819. The lowest BCUT2D eigenvalue weighted by atomic mass is 10.2. The lowest BCUT2D eigenvalue weighted by Crippen LogP contribution is -2.30. The van der Waals surface area contributed by atoms with Crippen LogP contribution in [0.2, 0.25) is 0 Å². The highest BCUT2D eigenvalue weighted by atomic mass is 32.2. The van der Waals surface area contributed by atoms with E-state index >= 15 is 0 Å². The molecule has 1 unspecified atom stereocenters. The molecule has 0 saturated carbocycles. The molecule has 1 amide bonds. The predicted octanol–water partition coefficient (Wildman–Crippen LogP) is 2.46. The molecule has 9 heteroatoms. The molecule has 160 valence electrons.